The van der Waals surface area contributed by atoms with Gasteiger partial charge in [-0.25, -0.2) is 8.78 Å². The van der Waals surface area contributed by atoms with Crippen molar-refractivity contribution in [1.29, 1.82) is 0 Å². The first-order valence-electron chi connectivity index (χ1n) is 6.58. The van der Waals surface area contributed by atoms with Crippen LogP contribution in [0, 0.1) is 11.6 Å². The minimum Gasteiger partial charge on any atom is -0.392 e. The molecule has 1 aliphatic carbocycles. The number of aliphatic hydroxyl groups is 1. The van der Waals surface area contributed by atoms with E-state index in [-0.39, 0.29) is 12.2 Å². The molecule has 0 amide bonds. The van der Waals surface area contributed by atoms with Crippen LogP contribution in [0.4, 0.5) is 14.5 Å². The Morgan fingerprint density at radius 2 is 1.95 bits per heavy atom. The van der Waals surface area contributed by atoms with Gasteiger partial charge in [-0.15, -0.1) is 0 Å². The molecule has 0 aliphatic heterocycles. The molecule has 0 radical (unpaired) electrons. The minimum atomic E-state index is -0.639. The van der Waals surface area contributed by atoms with E-state index in [4.69, 9.17) is 0 Å². The first-order valence-corrected chi connectivity index (χ1v) is 6.58. The van der Waals surface area contributed by atoms with Crippen molar-refractivity contribution in [3.63, 3.8) is 0 Å². The van der Waals surface area contributed by atoms with Crippen molar-refractivity contribution in [2.45, 2.75) is 38.5 Å². The quantitative estimate of drug-likeness (QED) is 0.830. The Morgan fingerprint density at radius 3 is 2.42 bits per heavy atom. The van der Waals surface area contributed by atoms with Gasteiger partial charge in [0, 0.05) is 26.2 Å². The van der Waals surface area contributed by atoms with Gasteiger partial charge < -0.3 is 15.3 Å². The van der Waals surface area contributed by atoms with Gasteiger partial charge >= 0.3 is 0 Å². The number of nitrogens with one attached hydrogen (secondary N) is 1. The fourth-order valence-electron chi connectivity index (χ4n) is 2.12. The number of likely N-dealkylation sites (N-methyl/N-ethyl adjacent to an activating group) is 1. The van der Waals surface area contributed by atoms with E-state index < -0.39 is 17.7 Å². The molecule has 0 bridgehead atoms. The smallest absolute Gasteiger partial charge is 0.149 e. The number of nitrogens with zero attached hydrogens (tertiary/aromatic N) is 1. The van der Waals surface area contributed by atoms with E-state index in [1.165, 1.54) is 17.0 Å². The molecule has 3 nitrogen and oxygen atoms in total. The molecule has 0 aromatic heterocycles. The summed E-state index contributed by atoms with van der Waals surface area (Å²) in [4.78, 5) is 1.40. The molecule has 0 spiro atoms. The maximum atomic E-state index is 14.0. The van der Waals surface area contributed by atoms with Gasteiger partial charge in [0.15, 0.2) is 0 Å². The zero-order chi connectivity index (χ0) is 14.0. The van der Waals surface area contributed by atoms with Crippen LogP contribution in [0.2, 0.25) is 0 Å². The third-order valence-corrected chi connectivity index (χ3v) is 3.17. The molecule has 2 rings (SSSR count). The predicted octanol–water partition coefficient (Wildman–Crippen LogP) is 2.03. The van der Waals surface area contributed by atoms with Crippen LogP contribution in [-0.4, -0.2) is 30.8 Å². The van der Waals surface area contributed by atoms with Crippen molar-refractivity contribution in [3.05, 3.63) is 29.3 Å². The summed E-state index contributed by atoms with van der Waals surface area (Å²) in [5.41, 5.74) is 0.521. The van der Waals surface area contributed by atoms with Crippen molar-refractivity contribution >= 4 is 5.69 Å². The average Bonchev–Trinajstić information content (AvgIpc) is 3.07. The maximum Gasteiger partial charge on any atom is 0.149 e. The second-order valence-electron chi connectivity index (χ2n) is 5.29. The van der Waals surface area contributed by atoms with Crippen molar-refractivity contribution in [3.8, 4) is 0 Å². The lowest BCUT2D eigenvalue weighted by atomic mass is 10.1. The number of hydrogen-bond donors (Lipinski definition) is 2. The molecule has 1 aromatic rings. The predicted molar refractivity (Wildman–Crippen MR) is 71.2 cm³/mol. The molecule has 0 heterocycles. The Balaban J connectivity index is 2.10. The average molecular weight is 270 g/mol. The van der Waals surface area contributed by atoms with E-state index in [0.29, 0.717) is 18.2 Å². The Labute approximate surface area is 112 Å². The molecular formula is C14H20F2N2O. The Hall–Kier alpha value is -1.20. The van der Waals surface area contributed by atoms with E-state index >= 15 is 0 Å². The summed E-state index contributed by atoms with van der Waals surface area (Å²) in [5, 5.41) is 12.5. The Kier molecular flexibility index (Phi) is 4.37. The Bertz CT molecular complexity index is 424. The van der Waals surface area contributed by atoms with Crippen LogP contribution >= 0.6 is 0 Å². The standard InChI is InChI=1S/C14H20F2N2O/c1-9(19)8-18(2)14-12(15)5-10(6-13(14)16)7-17-11-3-4-11/h5-6,9,11,17,19H,3-4,7-8H2,1-2H3. The van der Waals surface area contributed by atoms with E-state index in [9.17, 15) is 13.9 Å². The van der Waals surface area contributed by atoms with Gasteiger partial charge in [-0.1, -0.05) is 0 Å². The largest absolute Gasteiger partial charge is 0.392 e. The lowest BCUT2D eigenvalue weighted by molar-refractivity contribution is 0.201. The number of rotatable bonds is 6. The molecule has 1 aromatic carbocycles. The van der Waals surface area contributed by atoms with Crippen LogP contribution in [0.5, 0.6) is 0 Å². The van der Waals surface area contributed by atoms with E-state index in [1.807, 2.05) is 0 Å². The van der Waals surface area contributed by atoms with E-state index in [2.05, 4.69) is 5.32 Å². The van der Waals surface area contributed by atoms with Crippen LogP contribution in [0.15, 0.2) is 12.1 Å². The molecular weight excluding hydrogens is 250 g/mol. The first kappa shape index (κ1) is 14.2. The zero-order valence-electron chi connectivity index (χ0n) is 11.3. The molecule has 1 saturated carbocycles. The normalized spacial score (nSPS) is 16.5. The zero-order valence-corrected chi connectivity index (χ0v) is 11.3. The van der Waals surface area contributed by atoms with Gasteiger partial charge in [0.05, 0.1) is 6.10 Å². The van der Waals surface area contributed by atoms with Gasteiger partial charge in [-0.05, 0) is 37.5 Å². The van der Waals surface area contributed by atoms with Crippen molar-refractivity contribution in [1.82, 2.24) is 5.32 Å². The van der Waals surface area contributed by atoms with Crippen LogP contribution in [0.3, 0.4) is 0 Å². The number of aliphatic hydroxyl groups excluding tert-OH is 1. The molecule has 1 unspecified atom stereocenters. The highest BCUT2D eigenvalue weighted by Gasteiger charge is 2.21. The van der Waals surface area contributed by atoms with Crippen molar-refractivity contribution < 1.29 is 13.9 Å². The van der Waals surface area contributed by atoms with Crippen LogP contribution < -0.4 is 10.2 Å². The fourth-order valence-corrected chi connectivity index (χ4v) is 2.12. The highest BCUT2D eigenvalue weighted by Crippen LogP contribution is 2.25. The fraction of sp³-hybridized carbons (Fsp3) is 0.571. The molecule has 2 N–H and O–H groups in total. The molecule has 1 aliphatic rings. The summed E-state index contributed by atoms with van der Waals surface area (Å²) in [6.45, 7) is 2.26. The Morgan fingerprint density at radius 1 is 1.37 bits per heavy atom. The molecule has 5 heteroatoms. The van der Waals surface area contributed by atoms with Gasteiger partial charge in [-0.3, -0.25) is 0 Å². The van der Waals surface area contributed by atoms with Gasteiger partial charge in [0.1, 0.15) is 17.3 Å². The van der Waals surface area contributed by atoms with Crippen LogP contribution in [-0.2, 0) is 6.54 Å². The number of benzene rings is 1. The summed E-state index contributed by atoms with van der Waals surface area (Å²) in [6.07, 6.45) is 1.64. The molecule has 106 valence electrons. The highest BCUT2D eigenvalue weighted by molar-refractivity contribution is 5.50. The highest BCUT2D eigenvalue weighted by atomic mass is 19.1. The molecule has 0 saturated heterocycles. The number of halogens is 2. The van der Waals surface area contributed by atoms with Gasteiger partial charge in [0.2, 0.25) is 0 Å². The van der Waals surface area contributed by atoms with E-state index in [1.54, 1.807) is 14.0 Å². The lowest BCUT2D eigenvalue weighted by Crippen LogP contribution is -2.28. The summed E-state index contributed by atoms with van der Waals surface area (Å²) in [6, 6.07) is 3.21. The maximum absolute atomic E-state index is 14.0. The summed E-state index contributed by atoms with van der Waals surface area (Å²) < 4.78 is 27.9. The summed E-state index contributed by atoms with van der Waals surface area (Å²) in [5.74, 6) is -1.17. The van der Waals surface area contributed by atoms with Crippen molar-refractivity contribution in [2.75, 3.05) is 18.5 Å². The van der Waals surface area contributed by atoms with Crippen molar-refractivity contribution in [2.24, 2.45) is 0 Å². The molecule has 19 heavy (non-hydrogen) atoms. The third kappa shape index (κ3) is 3.88. The van der Waals surface area contributed by atoms with Crippen LogP contribution in [0.25, 0.3) is 0 Å². The third-order valence-electron chi connectivity index (χ3n) is 3.17. The second-order valence-corrected chi connectivity index (χ2v) is 5.29. The SMILES string of the molecule is CC(O)CN(C)c1c(F)cc(CNC2CC2)cc1F. The van der Waals surface area contributed by atoms with Crippen LogP contribution in [0.1, 0.15) is 25.3 Å². The van der Waals surface area contributed by atoms with Gasteiger partial charge in [0.25, 0.3) is 0 Å². The van der Waals surface area contributed by atoms with E-state index in [0.717, 1.165) is 12.8 Å². The summed E-state index contributed by atoms with van der Waals surface area (Å²) >= 11 is 0. The second kappa shape index (κ2) is 5.84. The molecule has 1 atom stereocenters. The summed E-state index contributed by atoms with van der Waals surface area (Å²) in [7, 11) is 1.57. The number of anilines is 1. The monoisotopic (exact) mass is 270 g/mol. The topological polar surface area (TPSA) is 35.5 Å². The number of hydrogen-bond acceptors (Lipinski definition) is 3. The molecule has 1 fully saturated rings. The minimum absolute atomic E-state index is 0.0870. The lowest BCUT2D eigenvalue weighted by Gasteiger charge is -2.22. The van der Waals surface area contributed by atoms with Gasteiger partial charge in [-0.2, -0.15) is 0 Å². The first-order chi connectivity index (χ1) is 8.97.